The molecule has 35 heavy (non-hydrogen) atoms. The first-order chi connectivity index (χ1) is 16.4. The summed E-state index contributed by atoms with van der Waals surface area (Å²) in [5.41, 5.74) is 1.87. The van der Waals surface area contributed by atoms with Gasteiger partial charge in [-0.25, -0.2) is 18.6 Å². The molecule has 0 spiro atoms. The van der Waals surface area contributed by atoms with Gasteiger partial charge in [0.05, 0.1) is 5.60 Å². The Morgan fingerprint density at radius 2 is 1.83 bits per heavy atom. The summed E-state index contributed by atoms with van der Waals surface area (Å²) < 4.78 is 36.4. The van der Waals surface area contributed by atoms with E-state index in [1.807, 2.05) is 4.57 Å². The van der Waals surface area contributed by atoms with Crippen LogP contribution in [0.5, 0.6) is 0 Å². The molecule has 1 unspecified atom stereocenters. The van der Waals surface area contributed by atoms with E-state index in [2.05, 4.69) is 0 Å². The van der Waals surface area contributed by atoms with Crippen LogP contribution in [-0.4, -0.2) is 26.2 Å². The van der Waals surface area contributed by atoms with Gasteiger partial charge >= 0.3 is 5.97 Å². The summed E-state index contributed by atoms with van der Waals surface area (Å²) in [7, 11) is 0. The summed E-state index contributed by atoms with van der Waals surface area (Å²) >= 11 is 6.00. The van der Waals surface area contributed by atoms with Gasteiger partial charge in [-0.05, 0) is 69.7 Å². The fourth-order valence-electron chi connectivity index (χ4n) is 4.13. The number of carbonyl (C=O) groups is 1. The summed E-state index contributed by atoms with van der Waals surface area (Å²) in [6, 6.07) is 12.2. The molecule has 0 fully saturated rings. The van der Waals surface area contributed by atoms with Crippen molar-refractivity contribution in [3.8, 4) is 11.1 Å². The van der Waals surface area contributed by atoms with Gasteiger partial charge < -0.3 is 14.4 Å². The van der Waals surface area contributed by atoms with Gasteiger partial charge in [-0.2, -0.15) is 0 Å². The highest BCUT2D eigenvalue weighted by Crippen LogP contribution is 2.41. The fourth-order valence-corrected chi connectivity index (χ4v) is 4.29. The number of aliphatic carboxylic acids is 1. The zero-order valence-corrected chi connectivity index (χ0v) is 20.5. The second-order valence-electron chi connectivity index (χ2n) is 9.37. The molecule has 0 saturated heterocycles. The van der Waals surface area contributed by atoms with Crippen LogP contribution in [0.2, 0.25) is 5.02 Å². The number of benzene rings is 2. The minimum Gasteiger partial charge on any atom is -0.479 e. The maximum absolute atomic E-state index is 15.2. The zero-order chi connectivity index (χ0) is 25.5. The number of halogens is 3. The van der Waals surface area contributed by atoms with Crippen molar-refractivity contribution in [2.24, 2.45) is 0 Å². The number of aryl methyl sites for hydroxylation is 1. The van der Waals surface area contributed by atoms with Crippen LogP contribution < -0.4 is 0 Å². The van der Waals surface area contributed by atoms with E-state index >= 15 is 4.39 Å². The number of hydrogen-bond acceptors (Lipinski definition) is 3. The lowest BCUT2D eigenvalue weighted by molar-refractivity contribution is -0.160. The molecule has 0 aliphatic carbocycles. The molecule has 5 nitrogen and oxygen atoms in total. The number of hydrogen-bond donors (Lipinski definition) is 1. The van der Waals surface area contributed by atoms with Crippen LogP contribution in [0, 0.1) is 18.6 Å². The summed E-state index contributed by atoms with van der Waals surface area (Å²) in [6.45, 7) is 7.35. The molecule has 0 aliphatic heterocycles. The number of carboxylic acids is 1. The van der Waals surface area contributed by atoms with Gasteiger partial charge in [0.25, 0.3) is 0 Å². The van der Waals surface area contributed by atoms with Crippen LogP contribution in [-0.2, 0) is 16.1 Å². The van der Waals surface area contributed by atoms with Crippen molar-refractivity contribution in [3.63, 3.8) is 0 Å². The first-order valence-corrected chi connectivity index (χ1v) is 11.4. The molecular formula is C27H25ClF2N2O3. The molecule has 0 aliphatic rings. The fraction of sp³-hybridized carbons (Fsp3) is 0.259. The number of carboxylic acid groups (broad SMARTS) is 1. The van der Waals surface area contributed by atoms with Crippen LogP contribution in [0.1, 0.15) is 43.7 Å². The first-order valence-electron chi connectivity index (χ1n) is 11.0. The Balaban J connectivity index is 1.99. The molecule has 1 atom stereocenters. The molecule has 1 N–H and O–H groups in total. The van der Waals surface area contributed by atoms with Gasteiger partial charge in [-0.1, -0.05) is 23.7 Å². The molecule has 0 bridgehead atoms. The van der Waals surface area contributed by atoms with E-state index in [-0.39, 0.29) is 22.0 Å². The first kappa shape index (κ1) is 24.8. The summed E-state index contributed by atoms with van der Waals surface area (Å²) in [5.74, 6) is -2.12. The van der Waals surface area contributed by atoms with Crippen LogP contribution in [0.25, 0.3) is 22.2 Å². The van der Waals surface area contributed by atoms with E-state index in [0.717, 1.165) is 5.56 Å². The molecule has 2 aromatic heterocycles. The third-order valence-corrected chi connectivity index (χ3v) is 5.80. The zero-order valence-electron chi connectivity index (χ0n) is 19.8. The molecule has 0 radical (unpaired) electrons. The number of ether oxygens (including phenoxy) is 1. The highest BCUT2D eigenvalue weighted by atomic mass is 35.5. The Kier molecular flexibility index (Phi) is 6.66. The second-order valence-corrected chi connectivity index (χ2v) is 9.80. The molecule has 2 aromatic carbocycles. The van der Waals surface area contributed by atoms with Gasteiger partial charge in [0.15, 0.2) is 6.10 Å². The highest BCUT2D eigenvalue weighted by molar-refractivity contribution is 6.30. The smallest absolute Gasteiger partial charge is 0.337 e. The topological polar surface area (TPSA) is 64.4 Å². The van der Waals surface area contributed by atoms with Crippen molar-refractivity contribution in [1.29, 1.82) is 0 Å². The highest BCUT2D eigenvalue weighted by Gasteiger charge is 2.33. The standard InChI is InChI=1S/C27H25ClF2N2O3/c1-15-22(24(26(33)34)35-27(2,3)4)23(19-10-7-17(28)13-21(19)30)20-11-12-32(25(20)31-15)14-16-5-8-18(29)9-6-16/h5-13,24H,14H2,1-4H3,(H,33,34). The number of rotatable bonds is 6. The molecule has 8 heteroatoms. The Morgan fingerprint density at radius 1 is 1.14 bits per heavy atom. The van der Waals surface area contributed by atoms with E-state index in [1.54, 1.807) is 58.2 Å². The van der Waals surface area contributed by atoms with Crippen molar-refractivity contribution in [3.05, 3.63) is 88.2 Å². The molecule has 0 saturated carbocycles. The summed E-state index contributed by atoms with van der Waals surface area (Å²) in [5, 5.41) is 10.9. The largest absolute Gasteiger partial charge is 0.479 e. The van der Waals surface area contributed by atoms with Crippen molar-refractivity contribution in [1.82, 2.24) is 9.55 Å². The van der Waals surface area contributed by atoms with E-state index in [1.165, 1.54) is 24.3 Å². The van der Waals surface area contributed by atoms with Crippen molar-refractivity contribution >= 4 is 28.6 Å². The number of pyridine rings is 1. The van der Waals surface area contributed by atoms with E-state index in [4.69, 9.17) is 21.3 Å². The third kappa shape index (κ3) is 5.21. The normalized spacial score (nSPS) is 12.8. The predicted octanol–water partition coefficient (Wildman–Crippen LogP) is 6.93. The lowest BCUT2D eigenvalue weighted by atomic mass is 9.92. The molecular weight excluding hydrogens is 474 g/mol. The molecule has 0 amide bonds. The molecule has 2 heterocycles. The quantitative estimate of drug-likeness (QED) is 0.313. The minimum atomic E-state index is -1.38. The maximum atomic E-state index is 15.2. The number of fused-ring (bicyclic) bond motifs is 1. The average molecular weight is 499 g/mol. The van der Waals surface area contributed by atoms with Gasteiger partial charge in [-0.3, -0.25) is 0 Å². The third-order valence-electron chi connectivity index (χ3n) is 5.56. The maximum Gasteiger partial charge on any atom is 0.337 e. The Hall–Kier alpha value is -3.29. The SMILES string of the molecule is Cc1nc2c(ccn2Cc2ccc(F)cc2)c(-c2ccc(Cl)cc2F)c1C(OC(C)(C)C)C(=O)O. The lowest BCUT2D eigenvalue weighted by Crippen LogP contribution is -2.28. The Bertz CT molecular complexity index is 1410. The predicted molar refractivity (Wildman–Crippen MR) is 132 cm³/mol. The van der Waals surface area contributed by atoms with Crippen molar-refractivity contribution in [2.75, 3.05) is 0 Å². The second kappa shape index (κ2) is 9.40. The van der Waals surface area contributed by atoms with Gasteiger partial charge in [0.1, 0.15) is 17.3 Å². The number of nitrogens with zero attached hydrogens (tertiary/aromatic N) is 2. The Morgan fingerprint density at radius 3 is 2.43 bits per heavy atom. The van der Waals surface area contributed by atoms with Crippen molar-refractivity contribution in [2.45, 2.75) is 45.9 Å². The van der Waals surface area contributed by atoms with Crippen LogP contribution in [0.4, 0.5) is 8.78 Å². The van der Waals surface area contributed by atoms with Crippen LogP contribution in [0.3, 0.4) is 0 Å². The minimum absolute atomic E-state index is 0.197. The van der Waals surface area contributed by atoms with E-state index < -0.39 is 23.5 Å². The van der Waals surface area contributed by atoms with E-state index in [0.29, 0.717) is 28.8 Å². The van der Waals surface area contributed by atoms with Gasteiger partial charge in [0, 0.05) is 45.5 Å². The lowest BCUT2D eigenvalue weighted by Gasteiger charge is -2.28. The number of aromatic nitrogens is 2. The monoisotopic (exact) mass is 498 g/mol. The average Bonchev–Trinajstić information content (AvgIpc) is 3.14. The van der Waals surface area contributed by atoms with E-state index in [9.17, 15) is 14.3 Å². The summed E-state index contributed by atoms with van der Waals surface area (Å²) in [6.07, 6.45) is 0.416. The molecule has 182 valence electrons. The van der Waals surface area contributed by atoms with Crippen molar-refractivity contribution < 1.29 is 23.4 Å². The summed E-state index contributed by atoms with van der Waals surface area (Å²) in [4.78, 5) is 17.1. The Labute approximate surface area is 206 Å². The van der Waals surface area contributed by atoms with Gasteiger partial charge in [0.2, 0.25) is 0 Å². The van der Waals surface area contributed by atoms with Crippen LogP contribution >= 0.6 is 11.6 Å². The van der Waals surface area contributed by atoms with Gasteiger partial charge in [-0.15, -0.1) is 0 Å². The molecule has 4 aromatic rings. The van der Waals surface area contributed by atoms with Crippen LogP contribution in [0.15, 0.2) is 54.7 Å². The molecule has 4 rings (SSSR count).